The summed E-state index contributed by atoms with van der Waals surface area (Å²) < 4.78 is 13.8. The Hall–Kier alpha value is -2.70. The molecule has 1 saturated carbocycles. The molecule has 4 N–H and O–H groups in total. The topological polar surface area (TPSA) is 75.9 Å². The van der Waals surface area contributed by atoms with Crippen molar-refractivity contribution in [1.29, 1.82) is 0 Å². The fourth-order valence-corrected chi connectivity index (χ4v) is 3.90. The Bertz CT molecular complexity index is 1000. The van der Waals surface area contributed by atoms with Gasteiger partial charge in [-0.25, -0.2) is 14.4 Å². The average molecular weight is 426 g/mol. The van der Waals surface area contributed by atoms with E-state index in [2.05, 4.69) is 20.6 Å². The number of benzene rings is 1. The van der Waals surface area contributed by atoms with Gasteiger partial charge in [-0.05, 0) is 49.9 Å². The van der Waals surface area contributed by atoms with Crippen molar-refractivity contribution in [2.75, 3.05) is 10.6 Å². The smallest absolute Gasteiger partial charge is 0.128 e. The van der Waals surface area contributed by atoms with Crippen molar-refractivity contribution in [2.24, 2.45) is 5.73 Å². The van der Waals surface area contributed by atoms with E-state index in [1.54, 1.807) is 18.3 Å². The van der Waals surface area contributed by atoms with Gasteiger partial charge < -0.3 is 16.4 Å². The molecule has 30 heavy (non-hydrogen) atoms. The van der Waals surface area contributed by atoms with Gasteiger partial charge in [0.25, 0.3) is 0 Å². The Kier molecular flexibility index (Phi) is 6.45. The predicted molar refractivity (Wildman–Crippen MR) is 120 cm³/mol. The van der Waals surface area contributed by atoms with Crippen LogP contribution in [0.25, 0.3) is 11.3 Å². The van der Waals surface area contributed by atoms with Crippen LogP contribution in [0, 0.1) is 5.82 Å². The third-order valence-corrected chi connectivity index (χ3v) is 5.72. The standard InChI is InChI=1S/C23H25ClFN5/c24-19-14-28-23(29-17-10-8-16(26)9-11-17)12-18(19)21-6-3-7-22(30-21)27-13-15-4-1-2-5-20(15)25/h1-7,12,14,16-17H,8-11,13,26H2,(H,27,30)(H,28,29)/t16-,17-. The minimum Gasteiger partial charge on any atom is -0.367 e. The van der Waals surface area contributed by atoms with Crippen LogP contribution in [0.3, 0.4) is 0 Å². The first-order valence-electron chi connectivity index (χ1n) is 10.2. The molecule has 3 aromatic rings. The summed E-state index contributed by atoms with van der Waals surface area (Å²) in [7, 11) is 0. The van der Waals surface area contributed by atoms with Gasteiger partial charge in [0.1, 0.15) is 17.5 Å². The van der Waals surface area contributed by atoms with E-state index < -0.39 is 0 Å². The Morgan fingerprint density at radius 3 is 2.63 bits per heavy atom. The molecular formula is C23H25ClFN5. The van der Waals surface area contributed by atoms with Gasteiger partial charge in [-0.2, -0.15) is 0 Å². The molecule has 0 saturated heterocycles. The number of anilines is 2. The summed E-state index contributed by atoms with van der Waals surface area (Å²) in [5.74, 6) is 1.19. The number of pyridine rings is 2. The van der Waals surface area contributed by atoms with Crippen LogP contribution >= 0.6 is 11.6 Å². The molecule has 0 bridgehead atoms. The molecule has 4 rings (SSSR count). The lowest BCUT2D eigenvalue weighted by Crippen LogP contribution is -2.33. The lowest BCUT2D eigenvalue weighted by Gasteiger charge is -2.27. The van der Waals surface area contributed by atoms with Crippen LogP contribution in [0.15, 0.2) is 54.7 Å². The Labute approximate surface area is 180 Å². The second-order valence-electron chi connectivity index (χ2n) is 7.66. The van der Waals surface area contributed by atoms with Gasteiger partial charge in [0, 0.05) is 36.0 Å². The molecule has 156 valence electrons. The molecule has 0 amide bonds. The van der Waals surface area contributed by atoms with Crippen LogP contribution in [0.1, 0.15) is 31.2 Å². The van der Waals surface area contributed by atoms with E-state index in [0.29, 0.717) is 35.0 Å². The third kappa shape index (κ3) is 5.07. The zero-order chi connectivity index (χ0) is 20.9. The van der Waals surface area contributed by atoms with Crippen molar-refractivity contribution in [1.82, 2.24) is 9.97 Å². The van der Waals surface area contributed by atoms with Gasteiger partial charge >= 0.3 is 0 Å². The maximum Gasteiger partial charge on any atom is 0.128 e. The van der Waals surface area contributed by atoms with Gasteiger partial charge in [0.05, 0.1) is 10.7 Å². The molecule has 0 spiro atoms. The summed E-state index contributed by atoms with van der Waals surface area (Å²) in [6.45, 7) is 0.351. The number of nitrogens with two attached hydrogens (primary N) is 1. The number of rotatable bonds is 6. The first-order valence-corrected chi connectivity index (χ1v) is 10.6. The molecule has 1 aliphatic carbocycles. The maximum atomic E-state index is 13.8. The minimum atomic E-state index is -0.238. The van der Waals surface area contributed by atoms with E-state index >= 15 is 0 Å². The lowest BCUT2D eigenvalue weighted by atomic mass is 9.92. The van der Waals surface area contributed by atoms with Gasteiger partial charge in [-0.1, -0.05) is 35.9 Å². The molecule has 1 aromatic carbocycles. The van der Waals surface area contributed by atoms with Gasteiger partial charge in [-0.3, -0.25) is 0 Å². The van der Waals surface area contributed by atoms with E-state index in [1.165, 1.54) is 6.07 Å². The van der Waals surface area contributed by atoms with Crippen LogP contribution < -0.4 is 16.4 Å². The van der Waals surface area contributed by atoms with Crippen LogP contribution in [-0.2, 0) is 6.54 Å². The predicted octanol–water partition coefficient (Wildman–Crippen LogP) is 5.23. The van der Waals surface area contributed by atoms with Crippen molar-refractivity contribution in [3.63, 3.8) is 0 Å². The van der Waals surface area contributed by atoms with Gasteiger partial charge in [0.2, 0.25) is 0 Å². The Morgan fingerprint density at radius 1 is 1.03 bits per heavy atom. The third-order valence-electron chi connectivity index (χ3n) is 5.42. The summed E-state index contributed by atoms with van der Waals surface area (Å²) in [6.07, 6.45) is 5.77. The van der Waals surface area contributed by atoms with E-state index in [9.17, 15) is 4.39 Å². The molecule has 1 aliphatic rings. The summed E-state index contributed by atoms with van der Waals surface area (Å²) >= 11 is 6.42. The highest BCUT2D eigenvalue weighted by Crippen LogP contribution is 2.30. The monoisotopic (exact) mass is 425 g/mol. The summed E-state index contributed by atoms with van der Waals surface area (Å²) in [4.78, 5) is 9.08. The Morgan fingerprint density at radius 2 is 1.83 bits per heavy atom. The molecule has 1 fully saturated rings. The molecule has 5 nitrogen and oxygen atoms in total. The largest absolute Gasteiger partial charge is 0.367 e. The number of nitrogens with zero attached hydrogens (tertiary/aromatic N) is 2. The molecule has 2 heterocycles. The number of nitrogens with one attached hydrogen (secondary N) is 2. The zero-order valence-electron chi connectivity index (χ0n) is 16.6. The normalized spacial score (nSPS) is 18.8. The summed E-state index contributed by atoms with van der Waals surface area (Å²) in [5.41, 5.74) is 8.12. The number of hydrogen-bond acceptors (Lipinski definition) is 5. The van der Waals surface area contributed by atoms with Crippen molar-refractivity contribution >= 4 is 23.2 Å². The van der Waals surface area contributed by atoms with Gasteiger partial charge in [0.15, 0.2) is 0 Å². The SMILES string of the molecule is N[C@H]1CC[C@H](Nc2cc(-c3cccc(NCc4ccccc4F)n3)c(Cl)cn2)CC1. The van der Waals surface area contributed by atoms with Gasteiger partial charge in [-0.15, -0.1) is 0 Å². The minimum absolute atomic E-state index is 0.238. The molecule has 0 radical (unpaired) electrons. The number of hydrogen-bond donors (Lipinski definition) is 3. The molecule has 0 aliphatic heterocycles. The average Bonchev–Trinajstić information content (AvgIpc) is 2.76. The highest BCUT2D eigenvalue weighted by molar-refractivity contribution is 6.33. The maximum absolute atomic E-state index is 13.8. The lowest BCUT2D eigenvalue weighted by molar-refractivity contribution is 0.410. The fraction of sp³-hybridized carbons (Fsp3) is 0.304. The summed E-state index contributed by atoms with van der Waals surface area (Å²) in [6, 6.07) is 15.0. The molecule has 2 aromatic heterocycles. The van der Waals surface area contributed by atoms with Crippen molar-refractivity contribution in [3.05, 3.63) is 71.1 Å². The highest BCUT2D eigenvalue weighted by Gasteiger charge is 2.19. The first-order chi connectivity index (χ1) is 14.6. The second kappa shape index (κ2) is 9.41. The van der Waals surface area contributed by atoms with E-state index in [0.717, 1.165) is 42.8 Å². The van der Waals surface area contributed by atoms with Crippen molar-refractivity contribution in [2.45, 2.75) is 44.3 Å². The van der Waals surface area contributed by atoms with Crippen LogP contribution in [0.4, 0.5) is 16.0 Å². The first kappa shape index (κ1) is 20.6. The van der Waals surface area contributed by atoms with E-state index in [-0.39, 0.29) is 5.82 Å². The number of halogens is 2. The van der Waals surface area contributed by atoms with E-state index in [4.69, 9.17) is 17.3 Å². The van der Waals surface area contributed by atoms with Crippen LogP contribution in [0.5, 0.6) is 0 Å². The molecular weight excluding hydrogens is 401 g/mol. The molecule has 0 atom stereocenters. The van der Waals surface area contributed by atoms with E-state index in [1.807, 2.05) is 30.3 Å². The molecule has 7 heteroatoms. The second-order valence-corrected chi connectivity index (χ2v) is 8.07. The highest BCUT2D eigenvalue weighted by atomic mass is 35.5. The Balaban J connectivity index is 1.49. The summed E-state index contributed by atoms with van der Waals surface area (Å²) in [5, 5.41) is 7.21. The van der Waals surface area contributed by atoms with Crippen LogP contribution in [-0.4, -0.2) is 22.1 Å². The zero-order valence-corrected chi connectivity index (χ0v) is 17.4. The van der Waals surface area contributed by atoms with Crippen LogP contribution in [0.2, 0.25) is 5.02 Å². The number of aromatic nitrogens is 2. The molecule has 0 unspecified atom stereocenters. The van der Waals surface area contributed by atoms with Crippen molar-refractivity contribution < 1.29 is 4.39 Å². The fourth-order valence-electron chi connectivity index (χ4n) is 3.70. The quantitative estimate of drug-likeness (QED) is 0.504. The van der Waals surface area contributed by atoms with Crippen molar-refractivity contribution in [3.8, 4) is 11.3 Å².